The number of guanidine groups is 1. The van der Waals surface area contributed by atoms with E-state index in [-0.39, 0.29) is 36.1 Å². The Morgan fingerprint density at radius 2 is 2.15 bits per heavy atom. The molecule has 1 aromatic rings. The van der Waals surface area contributed by atoms with Gasteiger partial charge in [-0.2, -0.15) is 0 Å². The van der Waals surface area contributed by atoms with Gasteiger partial charge in [0.15, 0.2) is 5.96 Å². The van der Waals surface area contributed by atoms with Crippen LogP contribution in [0.1, 0.15) is 20.8 Å². The first-order valence-corrected chi connectivity index (χ1v) is 8.84. The molecule has 8 nitrogen and oxygen atoms in total. The molecule has 1 aliphatic heterocycles. The van der Waals surface area contributed by atoms with Crippen molar-refractivity contribution in [3.05, 3.63) is 23.4 Å². The van der Waals surface area contributed by atoms with Gasteiger partial charge in [0.25, 0.3) is 0 Å². The third-order valence-corrected chi connectivity index (χ3v) is 3.74. The van der Waals surface area contributed by atoms with Gasteiger partial charge in [-0.05, 0) is 32.9 Å². The molecule has 0 spiro atoms. The van der Waals surface area contributed by atoms with Crippen molar-refractivity contribution in [1.82, 2.24) is 20.5 Å². The summed E-state index contributed by atoms with van der Waals surface area (Å²) < 4.78 is 10.8. The maximum Gasteiger partial charge on any atom is 0.410 e. The van der Waals surface area contributed by atoms with E-state index >= 15 is 0 Å². The molecule has 0 aliphatic carbocycles. The molecule has 1 saturated heterocycles. The van der Waals surface area contributed by atoms with Crippen molar-refractivity contribution in [2.75, 3.05) is 33.3 Å². The summed E-state index contributed by atoms with van der Waals surface area (Å²) in [5, 5.41) is 6.88. The SMILES string of the molecule is CN=C(NCCOc1ncccc1Cl)NC1CN(C(=O)OC(C)(C)C)C1.I. The summed E-state index contributed by atoms with van der Waals surface area (Å²) in [6, 6.07) is 3.61. The van der Waals surface area contributed by atoms with Gasteiger partial charge in [-0.3, -0.25) is 4.99 Å². The number of amides is 1. The Labute approximate surface area is 182 Å². The standard InChI is InChI=1S/C17H26ClN5O3.HI/c1-17(2,3)26-16(24)23-10-12(11-23)22-15(19-4)21-8-9-25-14-13(18)6-5-7-20-14;/h5-7,12H,8-11H2,1-4H3,(H2,19,21,22);1H. The second-order valence-corrected chi connectivity index (χ2v) is 7.27. The van der Waals surface area contributed by atoms with E-state index < -0.39 is 5.60 Å². The third-order valence-electron chi connectivity index (χ3n) is 3.46. The van der Waals surface area contributed by atoms with Crippen LogP contribution in [0, 0.1) is 0 Å². The molecule has 2 N–H and O–H groups in total. The molecule has 0 saturated carbocycles. The van der Waals surface area contributed by atoms with Crippen LogP contribution < -0.4 is 15.4 Å². The van der Waals surface area contributed by atoms with E-state index in [9.17, 15) is 4.79 Å². The summed E-state index contributed by atoms with van der Waals surface area (Å²) in [5.41, 5.74) is -0.482. The maximum absolute atomic E-state index is 11.9. The van der Waals surface area contributed by atoms with Crippen molar-refractivity contribution < 1.29 is 14.3 Å². The number of carbonyl (C=O) groups is 1. The molecule has 2 rings (SSSR count). The van der Waals surface area contributed by atoms with Crippen LogP contribution in [-0.2, 0) is 4.74 Å². The van der Waals surface area contributed by atoms with Crippen LogP contribution in [0.5, 0.6) is 5.88 Å². The molecule has 1 aliphatic rings. The number of nitrogens with one attached hydrogen (secondary N) is 2. The van der Waals surface area contributed by atoms with Gasteiger partial charge < -0.3 is 25.0 Å². The highest BCUT2D eigenvalue weighted by Crippen LogP contribution is 2.19. The van der Waals surface area contributed by atoms with Crippen LogP contribution in [0.3, 0.4) is 0 Å². The fourth-order valence-corrected chi connectivity index (χ4v) is 2.40. The number of hydrogen-bond acceptors (Lipinski definition) is 5. The first kappa shape index (κ1) is 23.5. The maximum atomic E-state index is 11.9. The predicted octanol–water partition coefficient (Wildman–Crippen LogP) is 2.52. The molecule has 0 unspecified atom stereocenters. The Morgan fingerprint density at radius 3 is 2.74 bits per heavy atom. The molecular weight excluding hydrogens is 485 g/mol. The zero-order valence-corrected chi connectivity index (χ0v) is 19.1. The zero-order chi connectivity index (χ0) is 19.2. The molecule has 0 aromatic carbocycles. The van der Waals surface area contributed by atoms with Crippen LogP contribution in [0.15, 0.2) is 23.3 Å². The second-order valence-electron chi connectivity index (χ2n) is 6.86. The quantitative estimate of drug-likeness (QED) is 0.273. The number of aliphatic imine (C=N–C) groups is 1. The minimum atomic E-state index is -0.482. The first-order valence-electron chi connectivity index (χ1n) is 8.47. The molecule has 2 heterocycles. The van der Waals surface area contributed by atoms with Crippen LogP contribution in [0.2, 0.25) is 5.02 Å². The van der Waals surface area contributed by atoms with Gasteiger partial charge in [-0.1, -0.05) is 11.6 Å². The topological polar surface area (TPSA) is 88.1 Å². The molecule has 1 amide bonds. The van der Waals surface area contributed by atoms with E-state index in [0.717, 1.165) is 0 Å². The Balaban J connectivity index is 0.00000364. The number of likely N-dealkylation sites (tertiary alicyclic amines) is 1. The van der Waals surface area contributed by atoms with Gasteiger partial charge in [-0.15, -0.1) is 24.0 Å². The summed E-state index contributed by atoms with van der Waals surface area (Å²) >= 11 is 5.98. The fourth-order valence-electron chi connectivity index (χ4n) is 2.23. The Kier molecular flexibility index (Phi) is 9.37. The number of nitrogens with zero attached hydrogens (tertiary/aromatic N) is 3. The lowest BCUT2D eigenvalue weighted by Gasteiger charge is -2.40. The van der Waals surface area contributed by atoms with Gasteiger partial charge in [0, 0.05) is 26.3 Å². The average molecular weight is 512 g/mol. The summed E-state index contributed by atoms with van der Waals surface area (Å²) in [6.45, 7) is 7.65. The van der Waals surface area contributed by atoms with E-state index in [1.165, 1.54) is 0 Å². The zero-order valence-electron chi connectivity index (χ0n) is 16.0. The fraction of sp³-hybridized carbons (Fsp3) is 0.588. The third kappa shape index (κ3) is 7.96. The van der Waals surface area contributed by atoms with Gasteiger partial charge in [-0.25, -0.2) is 9.78 Å². The number of hydrogen-bond donors (Lipinski definition) is 2. The molecular formula is C17H27ClIN5O3. The summed E-state index contributed by atoms with van der Waals surface area (Å²) in [6.07, 6.45) is 1.33. The number of ether oxygens (including phenoxy) is 2. The van der Waals surface area contributed by atoms with Gasteiger partial charge >= 0.3 is 6.09 Å². The molecule has 27 heavy (non-hydrogen) atoms. The van der Waals surface area contributed by atoms with Crippen molar-refractivity contribution in [2.45, 2.75) is 32.4 Å². The number of rotatable bonds is 5. The van der Waals surface area contributed by atoms with E-state index in [0.29, 0.717) is 43.1 Å². The Hall–Kier alpha value is -1.49. The van der Waals surface area contributed by atoms with Crippen LogP contribution in [0.4, 0.5) is 4.79 Å². The molecule has 1 fully saturated rings. The normalized spacial score (nSPS) is 14.7. The highest BCUT2D eigenvalue weighted by molar-refractivity contribution is 14.0. The lowest BCUT2D eigenvalue weighted by molar-refractivity contribution is 0.00701. The smallest absolute Gasteiger partial charge is 0.410 e. The van der Waals surface area contributed by atoms with Crippen LogP contribution in [-0.4, -0.2) is 66.9 Å². The molecule has 152 valence electrons. The lowest BCUT2D eigenvalue weighted by atomic mass is 10.1. The monoisotopic (exact) mass is 511 g/mol. The van der Waals surface area contributed by atoms with E-state index in [1.807, 2.05) is 20.8 Å². The number of carbonyl (C=O) groups excluding carboxylic acids is 1. The van der Waals surface area contributed by atoms with Crippen molar-refractivity contribution in [1.29, 1.82) is 0 Å². The minimum absolute atomic E-state index is 0. The molecule has 0 bridgehead atoms. The number of aromatic nitrogens is 1. The molecule has 10 heteroatoms. The average Bonchev–Trinajstić information content (AvgIpc) is 2.52. The van der Waals surface area contributed by atoms with Gasteiger partial charge in [0.1, 0.15) is 17.2 Å². The lowest BCUT2D eigenvalue weighted by Crippen LogP contribution is -2.63. The highest BCUT2D eigenvalue weighted by atomic mass is 127. The van der Waals surface area contributed by atoms with E-state index in [1.54, 1.807) is 30.3 Å². The van der Waals surface area contributed by atoms with Crippen LogP contribution >= 0.6 is 35.6 Å². The minimum Gasteiger partial charge on any atom is -0.475 e. The van der Waals surface area contributed by atoms with Crippen molar-refractivity contribution in [3.8, 4) is 5.88 Å². The van der Waals surface area contributed by atoms with E-state index in [2.05, 4.69) is 20.6 Å². The van der Waals surface area contributed by atoms with Gasteiger partial charge in [0.05, 0.1) is 12.6 Å². The Bertz CT molecular complexity index is 648. The second kappa shape index (κ2) is 10.7. The molecule has 0 atom stereocenters. The largest absolute Gasteiger partial charge is 0.475 e. The summed E-state index contributed by atoms with van der Waals surface area (Å²) in [4.78, 5) is 21.8. The molecule has 0 radical (unpaired) electrons. The van der Waals surface area contributed by atoms with Crippen molar-refractivity contribution in [3.63, 3.8) is 0 Å². The Morgan fingerprint density at radius 1 is 1.44 bits per heavy atom. The first-order chi connectivity index (χ1) is 12.3. The van der Waals surface area contributed by atoms with E-state index in [4.69, 9.17) is 21.1 Å². The van der Waals surface area contributed by atoms with Crippen molar-refractivity contribution >= 4 is 47.6 Å². The molecule has 1 aromatic heterocycles. The predicted molar refractivity (Wildman–Crippen MR) is 116 cm³/mol. The van der Waals surface area contributed by atoms with Gasteiger partial charge in [0.2, 0.25) is 5.88 Å². The highest BCUT2D eigenvalue weighted by Gasteiger charge is 2.34. The van der Waals surface area contributed by atoms with Crippen LogP contribution in [0.25, 0.3) is 0 Å². The summed E-state index contributed by atoms with van der Waals surface area (Å²) in [7, 11) is 1.69. The summed E-state index contributed by atoms with van der Waals surface area (Å²) in [5.74, 6) is 1.06. The number of halogens is 2. The number of pyridine rings is 1. The van der Waals surface area contributed by atoms with Crippen molar-refractivity contribution in [2.24, 2.45) is 4.99 Å².